The summed E-state index contributed by atoms with van der Waals surface area (Å²) in [6.07, 6.45) is 0. The van der Waals surface area contributed by atoms with Gasteiger partial charge in [0, 0.05) is 29.6 Å². The number of aliphatic imine (C=N–C) groups is 1. The van der Waals surface area contributed by atoms with Crippen molar-refractivity contribution in [2.24, 2.45) is 4.99 Å². The molecule has 0 atom stereocenters. The highest BCUT2D eigenvalue weighted by molar-refractivity contribution is 14.0. The highest BCUT2D eigenvalue weighted by atomic mass is 127. The van der Waals surface area contributed by atoms with E-state index in [1.807, 2.05) is 25.1 Å². The quantitative estimate of drug-likeness (QED) is 0.341. The third-order valence-electron chi connectivity index (χ3n) is 3.58. The van der Waals surface area contributed by atoms with Gasteiger partial charge in [0.2, 0.25) is 0 Å². The van der Waals surface area contributed by atoms with E-state index >= 15 is 0 Å². The Bertz CT molecular complexity index is 756. The first-order valence-electron chi connectivity index (χ1n) is 8.60. The van der Waals surface area contributed by atoms with Gasteiger partial charge < -0.3 is 20.1 Å². The van der Waals surface area contributed by atoms with Crippen molar-refractivity contribution in [1.82, 2.24) is 10.3 Å². The van der Waals surface area contributed by atoms with E-state index in [-0.39, 0.29) is 29.4 Å². The van der Waals surface area contributed by atoms with Gasteiger partial charge in [-0.05, 0) is 19.1 Å². The largest absolute Gasteiger partial charge is 0.493 e. The van der Waals surface area contributed by atoms with Crippen LogP contribution in [0.5, 0.6) is 11.5 Å². The van der Waals surface area contributed by atoms with Crippen LogP contribution in [-0.2, 0) is 12.0 Å². The van der Waals surface area contributed by atoms with Crippen LogP contribution in [0.4, 0.5) is 5.69 Å². The summed E-state index contributed by atoms with van der Waals surface area (Å²) in [5, 5.41) is 9.76. The minimum absolute atomic E-state index is 0. The molecule has 150 valence electrons. The van der Waals surface area contributed by atoms with Crippen molar-refractivity contribution < 1.29 is 9.47 Å². The molecule has 27 heavy (non-hydrogen) atoms. The lowest BCUT2D eigenvalue weighted by Crippen LogP contribution is -2.30. The van der Waals surface area contributed by atoms with E-state index in [9.17, 15) is 0 Å². The predicted octanol–water partition coefficient (Wildman–Crippen LogP) is 4.65. The number of hydrogen-bond donors (Lipinski definition) is 2. The zero-order chi connectivity index (χ0) is 19.2. The van der Waals surface area contributed by atoms with Gasteiger partial charge in [0.25, 0.3) is 0 Å². The maximum Gasteiger partial charge on any atom is 0.195 e. The number of aromatic nitrogens is 1. The van der Waals surface area contributed by atoms with Gasteiger partial charge in [0.15, 0.2) is 17.5 Å². The summed E-state index contributed by atoms with van der Waals surface area (Å²) in [5.41, 5.74) is 1.95. The monoisotopic (exact) mass is 504 g/mol. The van der Waals surface area contributed by atoms with Crippen LogP contribution in [0.15, 0.2) is 28.6 Å². The van der Waals surface area contributed by atoms with Crippen molar-refractivity contribution in [2.75, 3.05) is 26.1 Å². The second-order valence-corrected chi connectivity index (χ2v) is 7.60. The number of anilines is 1. The van der Waals surface area contributed by atoms with Gasteiger partial charge in [-0.2, -0.15) is 0 Å². The summed E-state index contributed by atoms with van der Waals surface area (Å²) in [7, 11) is 3.37. The fraction of sp³-hybridized carbons (Fsp3) is 0.474. The second-order valence-electron chi connectivity index (χ2n) is 6.74. The highest BCUT2D eigenvalue weighted by Crippen LogP contribution is 2.30. The van der Waals surface area contributed by atoms with E-state index in [1.54, 1.807) is 25.5 Å². The summed E-state index contributed by atoms with van der Waals surface area (Å²) in [6.45, 7) is 9.66. The SMILES string of the molecule is CCOc1ccc(NC(=NC)NCc2csc(C(C)(C)C)n2)cc1OC.I. The van der Waals surface area contributed by atoms with Crippen molar-refractivity contribution in [2.45, 2.75) is 39.7 Å². The molecule has 6 nitrogen and oxygen atoms in total. The lowest BCUT2D eigenvalue weighted by molar-refractivity contribution is 0.311. The van der Waals surface area contributed by atoms with Gasteiger partial charge in [-0.1, -0.05) is 20.8 Å². The number of benzene rings is 1. The van der Waals surface area contributed by atoms with Crippen molar-refractivity contribution in [3.63, 3.8) is 0 Å². The maximum atomic E-state index is 5.54. The molecule has 1 aromatic carbocycles. The van der Waals surface area contributed by atoms with Crippen LogP contribution in [0.3, 0.4) is 0 Å². The maximum absolute atomic E-state index is 5.54. The summed E-state index contributed by atoms with van der Waals surface area (Å²) >= 11 is 1.69. The van der Waals surface area contributed by atoms with Gasteiger partial charge in [-0.25, -0.2) is 4.98 Å². The van der Waals surface area contributed by atoms with Crippen LogP contribution in [0.25, 0.3) is 0 Å². The molecule has 2 N–H and O–H groups in total. The van der Waals surface area contributed by atoms with Crippen LogP contribution < -0.4 is 20.1 Å². The minimum Gasteiger partial charge on any atom is -0.493 e. The number of thiazole rings is 1. The number of guanidine groups is 1. The van der Waals surface area contributed by atoms with E-state index in [2.05, 4.69) is 41.8 Å². The van der Waals surface area contributed by atoms with Gasteiger partial charge >= 0.3 is 0 Å². The Labute approximate surface area is 182 Å². The van der Waals surface area contributed by atoms with Gasteiger partial charge in [0.1, 0.15) is 0 Å². The molecule has 1 aromatic heterocycles. The Kier molecular flexibility index (Phi) is 9.31. The van der Waals surface area contributed by atoms with Crippen molar-refractivity contribution in [3.05, 3.63) is 34.3 Å². The molecule has 8 heteroatoms. The standard InChI is InChI=1S/C19H28N4O2S.HI/c1-7-25-15-9-8-13(10-16(15)24-6)23-18(20-5)21-11-14-12-26-17(22-14)19(2,3)4;/h8-10,12H,7,11H2,1-6H3,(H2,20,21,23);1H. The fourth-order valence-electron chi connectivity index (χ4n) is 2.24. The molecule has 2 rings (SSSR count). The number of halogens is 1. The first-order chi connectivity index (χ1) is 12.4. The topological polar surface area (TPSA) is 67.8 Å². The molecular weight excluding hydrogens is 475 g/mol. The number of rotatable bonds is 6. The third kappa shape index (κ3) is 6.84. The van der Waals surface area contributed by atoms with Crippen LogP contribution in [0.2, 0.25) is 0 Å². The second kappa shape index (κ2) is 10.7. The normalized spacial score (nSPS) is 11.6. The zero-order valence-electron chi connectivity index (χ0n) is 16.8. The van der Waals surface area contributed by atoms with E-state index in [4.69, 9.17) is 14.5 Å². The molecule has 0 saturated carbocycles. The molecule has 0 fully saturated rings. The highest BCUT2D eigenvalue weighted by Gasteiger charge is 2.18. The average molecular weight is 504 g/mol. The smallest absolute Gasteiger partial charge is 0.195 e. The number of ether oxygens (including phenoxy) is 2. The predicted molar refractivity (Wildman–Crippen MR) is 124 cm³/mol. The summed E-state index contributed by atoms with van der Waals surface area (Å²) in [6, 6.07) is 5.70. The van der Waals surface area contributed by atoms with Gasteiger partial charge in [-0.15, -0.1) is 35.3 Å². The summed E-state index contributed by atoms with van der Waals surface area (Å²) < 4.78 is 10.9. The molecule has 0 radical (unpaired) electrons. The number of nitrogens with zero attached hydrogens (tertiary/aromatic N) is 2. The van der Waals surface area contributed by atoms with Crippen molar-refractivity contribution in [3.8, 4) is 11.5 Å². The van der Waals surface area contributed by atoms with Crippen LogP contribution in [0.1, 0.15) is 38.4 Å². The molecule has 1 heterocycles. The number of hydrogen-bond acceptors (Lipinski definition) is 5. The van der Waals surface area contributed by atoms with Crippen LogP contribution in [0, 0.1) is 0 Å². The molecule has 0 aliphatic heterocycles. The van der Waals surface area contributed by atoms with Crippen molar-refractivity contribution in [1.29, 1.82) is 0 Å². The number of methoxy groups -OCH3 is 1. The average Bonchev–Trinajstić information content (AvgIpc) is 3.09. The first-order valence-corrected chi connectivity index (χ1v) is 9.48. The first kappa shape index (κ1) is 23.5. The lowest BCUT2D eigenvalue weighted by atomic mass is 9.98. The summed E-state index contributed by atoms with van der Waals surface area (Å²) in [5.74, 6) is 2.07. The molecule has 0 saturated heterocycles. The van der Waals surface area contributed by atoms with E-state index in [1.165, 1.54) is 0 Å². The van der Waals surface area contributed by atoms with Crippen molar-refractivity contribution >= 4 is 47.0 Å². The zero-order valence-corrected chi connectivity index (χ0v) is 19.9. The van der Waals surface area contributed by atoms with E-state index in [0.29, 0.717) is 24.9 Å². The Morgan fingerprint density at radius 1 is 1.26 bits per heavy atom. The molecule has 0 aliphatic carbocycles. The fourth-order valence-corrected chi connectivity index (χ4v) is 3.15. The Hall–Kier alpha value is -1.55. The van der Waals surface area contributed by atoms with Gasteiger partial charge in [0.05, 0.1) is 31.0 Å². The Morgan fingerprint density at radius 2 is 2.00 bits per heavy atom. The lowest BCUT2D eigenvalue weighted by Gasteiger charge is -2.15. The molecule has 0 aliphatic rings. The molecule has 0 spiro atoms. The van der Waals surface area contributed by atoms with Crippen LogP contribution in [-0.4, -0.2) is 31.7 Å². The summed E-state index contributed by atoms with van der Waals surface area (Å²) in [4.78, 5) is 8.96. The molecule has 0 bridgehead atoms. The molecular formula is C19H29IN4O2S. The molecule has 0 amide bonds. The Morgan fingerprint density at radius 3 is 2.56 bits per heavy atom. The third-order valence-corrected chi connectivity index (χ3v) is 4.90. The van der Waals surface area contributed by atoms with E-state index in [0.717, 1.165) is 22.1 Å². The molecule has 0 unspecified atom stereocenters. The Balaban J connectivity index is 0.00000364. The van der Waals surface area contributed by atoms with Gasteiger partial charge in [-0.3, -0.25) is 4.99 Å². The van der Waals surface area contributed by atoms with Crippen LogP contribution >= 0.6 is 35.3 Å². The van der Waals surface area contributed by atoms with E-state index < -0.39 is 0 Å². The molecule has 2 aromatic rings. The number of nitrogens with one attached hydrogen (secondary N) is 2. The minimum atomic E-state index is 0.